The van der Waals surface area contributed by atoms with Crippen LogP contribution in [0.4, 0.5) is 23.7 Å². The Balaban J connectivity index is 1.68. The molecule has 206 valence electrons. The highest BCUT2D eigenvalue weighted by Gasteiger charge is 2.45. The van der Waals surface area contributed by atoms with E-state index in [2.05, 4.69) is 0 Å². The molecule has 0 saturated heterocycles. The number of ketones is 1. The van der Waals surface area contributed by atoms with Gasteiger partial charge in [0.1, 0.15) is 5.76 Å². The number of amides is 2. The molecule has 11 heteroatoms. The first-order valence-corrected chi connectivity index (χ1v) is 12.5. The molecule has 1 aliphatic heterocycles. The van der Waals surface area contributed by atoms with Crippen LogP contribution in [0.2, 0.25) is 0 Å². The summed E-state index contributed by atoms with van der Waals surface area (Å²) in [5.41, 5.74) is 0.657. The van der Waals surface area contributed by atoms with E-state index in [0.29, 0.717) is 35.2 Å². The van der Waals surface area contributed by atoms with Crippen LogP contribution >= 0.6 is 0 Å². The molecule has 1 N–H and O–H groups in total. The Bertz CT molecular complexity index is 1520. The summed E-state index contributed by atoms with van der Waals surface area (Å²) in [4.78, 5) is 30.2. The van der Waals surface area contributed by atoms with E-state index in [9.17, 15) is 33.1 Å². The molecule has 0 radical (unpaired) electrons. The lowest BCUT2D eigenvalue weighted by molar-refractivity contribution is -0.137. The maximum absolute atomic E-state index is 14.2. The molecule has 0 fully saturated rings. The molecule has 0 spiro atoms. The lowest BCUT2D eigenvalue weighted by Crippen LogP contribution is -2.51. The minimum atomic E-state index is -4.63. The summed E-state index contributed by atoms with van der Waals surface area (Å²) < 4.78 is 51.3. The van der Waals surface area contributed by atoms with Crippen LogP contribution in [-0.4, -0.2) is 28.9 Å². The van der Waals surface area contributed by atoms with Crippen molar-refractivity contribution in [3.05, 3.63) is 100 Å². The molecule has 3 aromatic rings. The highest BCUT2D eigenvalue weighted by atomic mass is 19.4. The number of nitrogens with zero attached hydrogens (tertiary/aromatic N) is 3. The Kier molecular flexibility index (Phi) is 7.23. The summed E-state index contributed by atoms with van der Waals surface area (Å²) in [6.07, 6.45) is -5.00. The smallest absolute Gasteiger partial charge is 0.416 e. The number of rotatable bonds is 6. The number of hydrogen-bond acceptors (Lipinski definition) is 6. The van der Waals surface area contributed by atoms with Gasteiger partial charge in [-0.25, -0.2) is 4.79 Å². The summed E-state index contributed by atoms with van der Waals surface area (Å²) in [6, 6.07) is 14.4. The van der Waals surface area contributed by atoms with Crippen LogP contribution in [0.5, 0.6) is 0 Å². The predicted molar refractivity (Wildman–Crippen MR) is 135 cm³/mol. The number of Topliss-reactive ketones (excluding diaryl/α,β-unsaturated/α-hetero) is 1. The molecule has 2 heterocycles. The number of hydrogen-bond donors (Lipinski definition) is 1. The van der Waals surface area contributed by atoms with E-state index in [1.54, 1.807) is 30.3 Å². The first-order valence-electron chi connectivity index (χ1n) is 12.5. The standard InChI is InChI=1S/C29H24F3N3O5/c1-39-27(37)24-13-12-21(40-24)16-34-26(18-10-8-17(15-33)9-11-18)25-22(6-3-7-23(25)36)35(28(34)38)20-5-2-4-19(14-20)29(30,31)32/h2,4-5,8-14,26-27,37H,3,6-7,16H2,1H3. The maximum atomic E-state index is 14.2. The topological polar surface area (TPSA) is 107 Å². The zero-order valence-corrected chi connectivity index (χ0v) is 21.3. The first-order chi connectivity index (χ1) is 19.1. The molecule has 0 saturated carbocycles. The number of benzene rings is 2. The number of ether oxygens (including phenoxy) is 1. The van der Waals surface area contributed by atoms with Gasteiger partial charge in [-0.05, 0) is 60.9 Å². The van der Waals surface area contributed by atoms with Crippen molar-refractivity contribution in [2.75, 3.05) is 12.0 Å². The molecule has 5 rings (SSSR count). The normalized spacial score (nSPS) is 18.6. The van der Waals surface area contributed by atoms with Gasteiger partial charge in [0.25, 0.3) is 0 Å². The number of urea groups is 1. The van der Waals surface area contributed by atoms with Crippen LogP contribution < -0.4 is 4.90 Å². The third kappa shape index (κ3) is 4.99. The van der Waals surface area contributed by atoms with E-state index in [1.807, 2.05) is 6.07 Å². The fraction of sp³-hybridized carbons (Fsp3) is 0.276. The van der Waals surface area contributed by atoms with Crippen molar-refractivity contribution in [1.29, 1.82) is 5.26 Å². The molecule has 2 unspecified atom stereocenters. The Labute approximate surface area is 227 Å². The van der Waals surface area contributed by atoms with E-state index in [0.717, 1.165) is 12.1 Å². The number of halogens is 3. The molecular weight excluding hydrogens is 527 g/mol. The molecule has 2 atom stereocenters. The van der Waals surface area contributed by atoms with Crippen molar-refractivity contribution in [1.82, 2.24) is 4.90 Å². The minimum absolute atomic E-state index is 0.0137. The Hall–Kier alpha value is -4.40. The molecule has 0 bridgehead atoms. The fourth-order valence-corrected chi connectivity index (χ4v) is 5.13. The summed E-state index contributed by atoms with van der Waals surface area (Å²) in [5.74, 6) is 0.134. The lowest BCUT2D eigenvalue weighted by Gasteiger charge is -2.45. The van der Waals surface area contributed by atoms with Crippen LogP contribution in [0.15, 0.2) is 76.4 Å². The van der Waals surface area contributed by atoms with Gasteiger partial charge >= 0.3 is 12.2 Å². The molecule has 2 aliphatic rings. The van der Waals surface area contributed by atoms with E-state index in [1.165, 1.54) is 35.1 Å². The van der Waals surface area contributed by atoms with Gasteiger partial charge in [0.2, 0.25) is 6.29 Å². The Morgan fingerprint density at radius 3 is 2.55 bits per heavy atom. The quantitative estimate of drug-likeness (QED) is 0.377. The van der Waals surface area contributed by atoms with Gasteiger partial charge in [0.05, 0.1) is 35.5 Å². The number of carbonyl (C=O) groups excluding carboxylic acids is 2. The van der Waals surface area contributed by atoms with Crippen LogP contribution in [0.3, 0.4) is 0 Å². The van der Waals surface area contributed by atoms with Gasteiger partial charge in [-0.15, -0.1) is 0 Å². The van der Waals surface area contributed by atoms with Crippen molar-refractivity contribution < 1.29 is 37.0 Å². The highest BCUT2D eigenvalue weighted by Crippen LogP contribution is 2.45. The average Bonchev–Trinajstić information content (AvgIpc) is 3.42. The van der Waals surface area contributed by atoms with Gasteiger partial charge in [-0.2, -0.15) is 18.4 Å². The second-order valence-corrected chi connectivity index (χ2v) is 9.46. The SMILES string of the molecule is COC(O)c1ccc(CN2C(=O)N(c3cccc(C(F)(F)F)c3)C3=C(C(=O)CCC3)C2c2ccc(C#N)cc2)o1. The van der Waals surface area contributed by atoms with Crippen LogP contribution in [0.1, 0.15) is 59.8 Å². The summed E-state index contributed by atoms with van der Waals surface area (Å²) in [6.45, 7) is -0.167. The van der Waals surface area contributed by atoms with Gasteiger partial charge in [-0.3, -0.25) is 9.69 Å². The van der Waals surface area contributed by atoms with Crippen molar-refractivity contribution >= 4 is 17.5 Å². The van der Waals surface area contributed by atoms with Crippen LogP contribution in [0, 0.1) is 11.3 Å². The number of carbonyl (C=O) groups is 2. The van der Waals surface area contributed by atoms with Crippen molar-refractivity contribution in [2.45, 2.75) is 44.3 Å². The molecule has 2 aromatic carbocycles. The van der Waals surface area contributed by atoms with Gasteiger partial charge in [0.15, 0.2) is 11.5 Å². The van der Waals surface area contributed by atoms with E-state index in [4.69, 9.17) is 9.15 Å². The van der Waals surface area contributed by atoms with Crippen molar-refractivity contribution in [3.8, 4) is 6.07 Å². The zero-order chi connectivity index (χ0) is 28.6. The van der Waals surface area contributed by atoms with Gasteiger partial charge in [-0.1, -0.05) is 18.2 Å². The number of anilines is 1. The lowest BCUT2D eigenvalue weighted by atomic mass is 9.83. The van der Waals surface area contributed by atoms with Crippen molar-refractivity contribution in [2.24, 2.45) is 0 Å². The molecular formula is C29H24F3N3O5. The van der Waals surface area contributed by atoms with Crippen molar-refractivity contribution in [3.63, 3.8) is 0 Å². The molecule has 8 nitrogen and oxygen atoms in total. The fourth-order valence-electron chi connectivity index (χ4n) is 5.13. The molecule has 2 amide bonds. The Morgan fingerprint density at radius 2 is 1.88 bits per heavy atom. The number of aliphatic hydroxyl groups is 1. The first kappa shape index (κ1) is 27.2. The van der Waals surface area contributed by atoms with Gasteiger partial charge < -0.3 is 19.2 Å². The molecule has 1 aromatic heterocycles. The van der Waals surface area contributed by atoms with E-state index >= 15 is 0 Å². The number of alkyl halides is 3. The summed E-state index contributed by atoms with van der Waals surface area (Å²) in [5, 5.41) is 19.2. The average molecular weight is 552 g/mol. The molecule has 40 heavy (non-hydrogen) atoms. The number of nitriles is 1. The van der Waals surface area contributed by atoms with E-state index in [-0.39, 0.29) is 36.0 Å². The summed E-state index contributed by atoms with van der Waals surface area (Å²) in [7, 11) is 1.29. The van der Waals surface area contributed by atoms with Crippen LogP contribution in [0.25, 0.3) is 0 Å². The minimum Gasteiger partial charge on any atom is -0.459 e. The number of aliphatic hydroxyl groups excluding tert-OH is 1. The van der Waals surface area contributed by atoms with Gasteiger partial charge in [0, 0.05) is 24.8 Å². The predicted octanol–water partition coefficient (Wildman–Crippen LogP) is 6.00. The third-order valence-electron chi connectivity index (χ3n) is 6.98. The maximum Gasteiger partial charge on any atom is 0.416 e. The molecule has 1 aliphatic carbocycles. The summed E-state index contributed by atoms with van der Waals surface area (Å²) >= 11 is 0. The number of allylic oxidation sites excluding steroid dienone is 1. The monoisotopic (exact) mass is 551 g/mol. The second-order valence-electron chi connectivity index (χ2n) is 9.46. The largest absolute Gasteiger partial charge is 0.459 e. The zero-order valence-electron chi connectivity index (χ0n) is 21.3. The van der Waals surface area contributed by atoms with Crippen LogP contribution in [-0.2, 0) is 22.3 Å². The second kappa shape index (κ2) is 10.6. The number of methoxy groups -OCH3 is 1. The third-order valence-corrected chi connectivity index (χ3v) is 6.98. The van der Waals surface area contributed by atoms with E-state index < -0.39 is 30.1 Å². The number of furan rings is 1. The highest BCUT2D eigenvalue weighted by molar-refractivity contribution is 6.06. The Morgan fingerprint density at radius 1 is 1.12 bits per heavy atom.